The van der Waals surface area contributed by atoms with Crippen LogP contribution in [0.1, 0.15) is 425 Å². The maximum atomic E-state index is 13.0. The van der Waals surface area contributed by atoms with Gasteiger partial charge in [-0.3, -0.25) is 14.4 Å². The summed E-state index contributed by atoms with van der Waals surface area (Å²) in [7, 11) is 0. The fourth-order valence-corrected chi connectivity index (χ4v) is 11.6. The molecule has 0 aliphatic rings. The van der Waals surface area contributed by atoms with Gasteiger partial charge in [0.15, 0.2) is 6.10 Å². The van der Waals surface area contributed by atoms with Crippen LogP contribution in [-0.2, 0) is 28.6 Å². The fourth-order valence-electron chi connectivity index (χ4n) is 11.6. The zero-order valence-electron chi connectivity index (χ0n) is 55.8. The lowest BCUT2D eigenvalue weighted by Crippen LogP contribution is -2.30. The van der Waals surface area contributed by atoms with Crippen LogP contribution in [0.15, 0.2) is 24.3 Å². The summed E-state index contributed by atoms with van der Waals surface area (Å²) < 4.78 is 17.0. The molecule has 0 radical (unpaired) electrons. The molecule has 0 saturated heterocycles. The summed E-state index contributed by atoms with van der Waals surface area (Å²) in [4.78, 5) is 38.4. The standard InChI is InChI=1S/C76H144O6/c1-4-7-10-13-16-19-22-25-28-30-32-33-34-35-36-37-38-39-40-41-42-43-45-46-48-51-54-57-60-63-66-69-75(78)81-72-73(71-80-74(77)68-65-62-59-56-53-50-27-24-21-18-15-12-9-6-3)82-76(79)70-67-64-61-58-55-52-49-47-44-31-29-26-23-20-17-14-11-8-5-2/h15,18,24,27,73H,4-14,16-17,19-23,25-26,28-72H2,1-3H3/b18-15-,27-24-. The second-order valence-electron chi connectivity index (χ2n) is 25.6. The molecule has 6 nitrogen and oxygen atoms in total. The first-order valence-electron chi connectivity index (χ1n) is 37.3. The van der Waals surface area contributed by atoms with Gasteiger partial charge in [0.25, 0.3) is 0 Å². The Morgan fingerprint density at radius 1 is 0.244 bits per heavy atom. The van der Waals surface area contributed by atoms with Crippen molar-refractivity contribution >= 4 is 17.9 Å². The van der Waals surface area contributed by atoms with Gasteiger partial charge >= 0.3 is 17.9 Å². The van der Waals surface area contributed by atoms with Gasteiger partial charge in [-0.15, -0.1) is 0 Å². The van der Waals surface area contributed by atoms with Gasteiger partial charge in [0.05, 0.1) is 0 Å². The Kier molecular flexibility index (Phi) is 69.5. The van der Waals surface area contributed by atoms with Crippen molar-refractivity contribution in [3.63, 3.8) is 0 Å². The molecule has 1 unspecified atom stereocenters. The number of carbonyl (C=O) groups is 3. The Balaban J connectivity index is 4.14. The van der Waals surface area contributed by atoms with Crippen LogP contribution in [0.5, 0.6) is 0 Å². The van der Waals surface area contributed by atoms with Gasteiger partial charge < -0.3 is 14.2 Å². The minimum Gasteiger partial charge on any atom is -0.462 e. The molecular formula is C76H144O6. The van der Waals surface area contributed by atoms with E-state index in [0.717, 1.165) is 77.0 Å². The molecule has 0 rings (SSSR count). The highest BCUT2D eigenvalue weighted by Crippen LogP contribution is 2.20. The van der Waals surface area contributed by atoms with E-state index in [1.807, 2.05) is 0 Å². The summed E-state index contributed by atoms with van der Waals surface area (Å²) in [6, 6.07) is 0. The third kappa shape index (κ3) is 68.7. The van der Waals surface area contributed by atoms with Crippen molar-refractivity contribution in [3.8, 4) is 0 Å². The van der Waals surface area contributed by atoms with Crippen molar-refractivity contribution in [2.24, 2.45) is 0 Å². The van der Waals surface area contributed by atoms with Gasteiger partial charge in [-0.2, -0.15) is 0 Å². The predicted octanol–water partition coefficient (Wildman–Crippen LogP) is 25.7. The average molecular weight is 1150 g/mol. The SMILES string of the molecule is CCCC/C=C\C/C=C\CCCCCCCC(=O)OCC(COC(=O)CCCCCCCCCCCCCCCCCCCCCCCCCCCCCCCCC)OC(=O)CCCCCCCCCCCCCCCCCCCCC. The van der Waals surface area contributed by atoms with E-state index >= 15 is 0 Å². The van der Waals surface area contributed by atoms with Crippen LogP contribution in [0.4, 0.5) is 0 Å². The van der Waals surface area contributed by atoms with Crippen LogP contribution in [0.2, 0.25) is 0 Å². The predicted molar refractivity (Wildman–Crippen MR) is 358 cm³/mol. The van der Waals surface area contributed by atoms with Crippen LogP contribution in [0.3, 0.4) is 0 Å². The molecule has 484 valence electrons. The van der Waals surface area contributed by atoms with Crippen LogP contribution in [-0.4, -0.2) is 37.2 Å². The molecule has 0 aliphatic carbocycles. The van der Waals surface area contributed by atoms with Crippen molar-refractivity contribution in [1.29, 1.82) is 0 Å². The van der Waals surface area contributed by atoms with E-state index in [0.29, 0.717) is 19.3 Å². The van der Waals surface area contributed by atoms with Gasteiger partial charge in [0.1, 0.15) is 13.2 Å². The quantitative estimate of drug-likeness (QED) is 0.0261. The summed E-state index contributed by atoms with van der Waals surface area (Å²) >= 11 is 0. The lowest BCUT2D eigenvalue weighted by atomic mass is 10.0. The molecule has 0 N–H and O–H groups in total. The highest BCUT2D eigenvalue weighted by atomic mass is 16.6. The molecule has 1 atom stereocenters. The molecule has 82 heavy (non-hydrogen) atoms. The number of carbonyl (C=O) groups excluding carboxylic acids is 3. The van der Waals surface area contributed by atoms with Crippen molar-refractivity contribution < 1.29 is 28.6 Å². The number of hydrogen-bond acceptors (Lipinski definition) is 6. The number of hydrogen-bond donors (Lipinski definition) is 0. The summed E-state index contributed by atoms with van der Waals surface area (Å²) in [6.07, 6.45) is 88.1. The normalized spacial score (nSPS) is 12.1. The third-order valence-corrected chi connectivity index (χ3v) is 17.2. The summed E-state index contributed by atoms with van der Waals surface area (Å²) in [5.74, 6) is -0.850. The molecule has 0 aromatic rings. The number of rotatable bonds is 70. The second-order valence-corrected chi connectivity index (χ2v) is 25.6. The smallest absolute Gasteiger partial charge is 0.306 e. The van der Waals surface area contributed by atoms with Crippen molar-refractivity contribution in [1.82, 2.24) is 0 Å². The minimum absolute atomic E-state index is 0.0692. The molecule has 0 spiro atoms. The summed E-state index contributed by atoms with van der Waals surface area (Å²) in [5.41, 5.74) is 0. The molecule has 0 aliphatic heterocycles. The minimum atomic E-state index is -0.774. The maximum absolute atomic E-state index is 13.0. The Bertz CT molecular complexity index is 1320. The molecule has 0 aromatic heterocycles. The molecular weight excluding hydrogens is 1010 g/mol. The Hall–Kier alpha value is -2.11. The zero-order valence-corrected chi connectivity index (χ0v) is 55.8. The van der Waals surface area contributed by atoms with E-state index in [9.17, 15) is 14.4 Å². The number of ether oxygens (including phenoxy) is 3. The fraction of sp³-hybridized carbons (Fsp3) is 0.908. The topological polar surface area (TPSA) is 78.9 Å². The van der Waals surface area contributed by atoms with E-state index in [1.165, 1.54) is 308 Å². The van der Waals surface area contributed by atoms with Gasteiger partial charge in [0, 0.05) is 19.3 Å². The summed E-state index contributed by atoms with van der Waals surface area (Å²) in [6.45, 7) is 6.68. The maximum Gasteiger partial charge on any atom is 0.306 e. The van der Waals surface area contributed by atoms with Gasteiger partial charge in [-0.25, -0.2) is 0 Å². The van der Waals surface area contributed by atoms with Gasteiger partial charge in [-0.05, 0) is 44.9 Å². The van der Waals surface area contributed by atoms with Gasteiger partial charge in [0.2, 0.25) is 0 Å². The van der Waals surface area contributed by atoms with E-state index in [2.05, 4.69) is 45.1 Å². The molecule has 0 aromatic carbocycles. The van der Waals surface area contributed by atoms with E-state index < -0.39 is 6.10 Å². The molecule has 6 heteroatoms. The molecule has 0 amide bonds. The van der Waals surface area contributed by atoms with Crippen molar-refractivity contribution in [2.75, 3.05) is 13.2 Å². The van der Waals surface area contributed by atoms with Crippen molar-refractivity contribution in [3.05, 3.63) is 24.3 Å². The number of allylic oxidation sites excluding steroid dienone is 4. The lowest BCUT2D eigenvalue weighted by molar-refractivity contribution is -0.167. The Morgan fingerprint density at radius 3 is 0.707 bits per heavy atom. The third-order valence-electron chi connectivity index (χ3n) is 17.2. The first kappa shape index (κ1) is 79.9. The average Bonchev–Trinajstić information content (AvgIpc) is 3.47. The van der Waals surface area contributed by atoms with Crippen molar-refractivity contribution in [2.45, 2.75) is 431 Å². The van der Waals surface area contributed by atoms with Crippen LogP contribution < -0.4 is 0 Å². The second kappa shape index (κ2) is 71.4. The van der Waals surface area contributed by atoms with Crippen LogP contribution in [0.25, 0.3) is 0 Å². The van der Waals surface area contributed by atoms with E-state index in [4.69, 9.17) is 14.2 Å². The van der Waals surface area contributed by atoms with E-state index in [-0.39, 0.29) is 31.1 Å². The number of esters is 3. The lowest BCUT2D eigenvalue weighted by Gasteiger charge is -2.18. The van der Waals surface area contributed by atoms with Crippen LogP contribution >= 0.6 is 0 Å². The summed E-state index contributed by atoms with van der Waals surface area (Å²) in [5, 5.41) is 0. The Morgan fingerprint density at radius 2 is 0.451 bits per heavy atom. The molecule has 0 fully saturated rings. The first-order chi connectivity index (χ1) is 40.5. The zero-order chi connectivity index (χ0) is 59.2. The van der Waals surface area contributed by atoms with E-state index in [1.54, 1.807) is 0 Å². The van der Waals surface area contributed by atoms with Gasteiger partial charge in [-0.1, -0.05) is 385 Å². The highest BCUT2D eigenvalue weighted by Gasteiger charge is 2.20. The molecule has 0 heterocycles. The monoisotopic (exact) mass is 1150 g/mol. The largest absolute Gasteiger partial charge is 0.462 e. The van der Waals surface area contributed by atoms with Crippen LogP contribution in [0, 0.1) is 0 Å². The molecule has 0 saturated carbocycles. The Labute approximate surface area is 513 Å². The number of unbranched alkanes of at least 4 members (excludes halogenated alkanes) is 55. The first-order valence-corrected chi connectivity index (χ1v) is 37.3. The molecule has 0 bridgehead atoms. The highest BCUT2D eigenvalue weighted by molar-refractivity contribution is 5.71.